The van der Waals surface area contributed by atoms with Gasteiger partial charge < -0.3 is 4.74 Å². The molecule has 14 heavy (non-hydrogen) atoms. The molecule has 78 valence electrons. The molecule has 0 spiro atoms. The van der Waals surface area contributed by atoms with Crippen molar-refractivity contribution < 1.29 is 4.74 Å². The third-order valence-electron chi connectivity index (χ3n) is 2.33. The van der Waals surface area contributed by atoms with Crippen molar-refractivity contribution in [3.05, 3.63) is 35.9 Å². The summed E-state index contributed by atoms with van der Waals surface area (Å²) in [5.41, 5.74) is 1.26. The Balaban J connectivity index is 2.32. The second-order valence-electron chi connectivity index (χ2n) is 4.11. The van der Waals surface area contributed by atoms with E-state index in [0.717, 1.165) is 18.9 Å². The van der Waals surface area contributed by atoms with E-state index in [0.29, 0.717) is 0 Å². The lowest BCUT2D eigenvalue weighted by Gasteiger charge is -2.14. The molecule has 0 N–H and O–H groups in total. The van der Waals surface area contributed by atoms with Crippen LogP contribution in [0, 0.1) is 5.92 Å². The van der Waals surface area contributed by atoms with Crippen LogP contribution < -0.4 is 0 Å². The monoisotopic (exact) mass is 192 g/mol. The molecule has 0 fully saturated rings. The highest BCUT2D eigenvalue weighted by molar-refractivity contribution is 5.16. The molecule has 0 aliphatic rings. The molecule has 1 atom stereocenters. The third-order valence-corrected chi connectivity index (χ3v) is 2.33. The van der Waals surface area contributed by atoms with E-state index in [9.17, 15) is 0 Å². The van der Waals surface area contributed by atoms with Gasteiger partial charge in [0.2, 0.25) is 0 Å². The van der Waals surface area contributed by atoms with Gasteiger partial charge >= 0.3 is 0 Å². The lowest BCUT2D eigenvalue weighted by atomic mass is 10.1. The Morgan fingerprint density at radius 2 is 1.71 bits per heavy atom. The van der Waals surface area contributed by atoms with Crippen LogP contribution in [0.1, 0.15) is 38.9 Å². The van der Waals surface area contributed by atoms with E-state index >= 15 is 0 Å². The van der Waals surface area contributed by atoms with Gasteiger partial charge in [0.15, 0.2) is 0 Å². The van der Waals surface area contributed by atoms with Crippen LogP contribution in [0.4, 0.5) is 0 Å². The van der Waals surface area contributed by atoms with E-state index in [4.69, 9.17) is 4.74 Å². The molecular weight excluding hydrogens is 172 g/mol. The Morgan fingerprint density at radius 3 is 2.29 bits per heavy atom. The topological polar surface area (TPSA) is 9.23 Å². The molecule has 0 radical (unpaired) electrons. The van der Waals surface area contributed by atoms with Crippen molar-refractivity contribution in [2.24, 2.45) is 5.92 Å². The number of ether oxygens (including phenoxy) is 1. The first-order valence-electron chi connectivity index (χ1n) is 5.36. The van der Waals surface area contributed by atoms with Gasteiger partial charge in [-0.2, -0.15) is 0 Å². The maximum Gasteiger partial charge on any atom is 0.0796 e. The summed E-state index contributed by atoms with van der Waals surface area (Å²) in [6.07, 6.45) is 1.35. The summed E-state index contributed by atoms with van der Waals surface area (Å²) in [6, 6.07) is 10.4. The fourth-order valence-electron chi connectivity index (χ4n) is 1.30. The lowest BCUT2D eigenvalue weighted by Crippen LogP contribution is -2.03. The number of rotatable bonds is 5. The van der Waals surface area contributed by atoms with E-state index < -0.39 is 0 Å². The predicted molar refractivity (Wildman–Crippen MR) is 60.3 cm³/mol. The molecule has 0 aliphatic heterocycles. The zero-order valence-corrected chi connectivity index (χ0v) is 9.36. The molecule has 1 unspecified atom stereocenters. The summed E-state index contributed by atoms with van der Waals surface area (Å²) in [4.78, 5) is 0. The summed E-state index contributed by atoms with van der Waals surface area (Å²) < 4.78 is 5.74. The van der Waals surface area contributed by atoms with E-state index in [1.807, 2.05) is 6.07 Å². The molecule has 1 aromatic rings. The molecule has 1 heteroatoms. The number of benzene rings is 1. The summed E-state index contributed by atoms with van der Waals surface area (Å²) in [5, 5.41) is 0. The molecule has 1 nitrogen and oxygen atoms in total. The highest BCUT2D eigenvalue weighted by Crippen LogP contribution is 2.16. The van der Waals surface area contributed by atoms with Gasteiger partial charge in [-0.15, -0.1) is 0 Å². The van der Waals surface area contributed by atoms with E-state index in [-0.39, 0.29) is 6.10 Å². The standard InChI is InChI=1S/C13H20O/c1-11(2)9-10-14-12(3)13-7-5-4-6-8-13/h4-8,11-12H,9-10H2,1-3H3. The van der Waals surface area contributed by atoms with Crippen molar-refractivity contribution in [3.8, 4) is 0 Å². The van der Waals surface area contributed by atoms with Crippen molar-refractivity contribution in [3.63, 3.8) is 0 Å². The van der Waals surface area contributed by atoms with E-state index in [2.05, 4.69) is 45.0 Å². The Labute approximate surface area is 87.1 Å². The Morgan fingerprint density at radius 1 is 1.07 bits per heavy atom. The fraction of sp³-hybridized carbons (Fsp3) is 0.538. The van der Waals surface area contributed by atoms with Gasteiger partial charge in [-0.1, -0.05) is 44.2 Å². The van der Waals surface area contributed by atoms with Crippen LogP contribution >= 0.6 is 0 Å². The zero-order valence-electron chi connectivity index (χ0n) is 9.36. The highest BCUT2D eigenvalue weighted by Gasteiger charge is 2.04. The van der Waals surface area contributed by atoms with Gasteiger partial charge in [-0.25, -0.2) is 0 Å². The van der Waals surface area contributed by atoms with Crippen LogP contribution in [0.25, 0.3) is 0 Å². The SMILES string of the molecule is CC(C)CCOC(C)c1ccccc1. The van der Waals surface area contributed by atoms with Gasteiger partial charge in [0.05, 0.1) is 6.10 Å². The first kappa shape index (κ1) is 11.3. The zero-order chi connectivity index (χ0) is 10.4. The maximum absolute atomic E-state index is 5.74. The van der Waals surface area contributed by atoms with Crippen molar-refractivity contribution in [1.82, 2.24) is 0 Å². The van der Waals surface area contributed by atoms with Gasteiger partial charge in [0.25, 0.3) is 0 Å². The molecule has 0 amide bonds. The molecule has 0 saturated carbocycles. The Hall–Kier alpha value is -0.820. The van der Waals surface area contributed by atoms with Crippen LogP contribution in [-0.4, -0.2) is 6.61 Å². The van der Waals surface area contributed by atoms with Crippen LogP contribution in [0.5, 0.6) is 0 Å². The first-order valence-corrected chi connectivity index (χ1v) is 5.36. The normalized spacial score (nSPS) is 13.1. The Kier molecular flexibility index (Phi) is 4.68. The summed E-state index contributed by atoms with van der Waals surface area (Å²) in [6.45, 7) is 7.40. The van der Waals surface area contributed by atoms with E-state index in [1.165, 1.54) is 5.56 Å². The quantitative estimate of drug-likeness (QED) is 0.689. The van der Waals surface area contributed by atoms with Crippen LogP contribution in [0.15, 0.2) is 30.3 Å². The van der Waals surface area contributed by atoms with E-state index in [1.54, 1.807) is 0 Å². The minimum Gasteiger partial charge on any atom is -0.374 e. The molecule has 1 rings (SSSR count). The second kappa shape index (κ2) is 5.82. The molecular formula is C13H20O. The van der Waals surface area contributed by atoms with Crippen LogP contribution in [0.2, 0.25) is 0 Å². The van der Waals surface area contributed by atoms with Gasteiger partial charge in [-0.05, 0) is 24.8 Å². The number of hydrogen-bond donors (Lipinski definition) is 0. The van der Waals surface area contributed by atoms with Gasteiger partial charge in [0.1, 0.15) is 0 Å². The van der Waals surface area contributed by atoms with Gasteiger partial charge in [0, 0.05) is 6.61 Å². The first-order chi connectivity index (χ1) is 6.70. The highest BCUT2D eigenvalue weighted by atomic mass is 16.5. The fourth-order valence-corrected chi connectivity index (χ4v) is 1.30. The largest absolute Gasteiger partial charge is 0.374 e. The summed E-state index contributed by atoms with van der Waals surface area (Å²) >= 11 is 0. The maximum atomic E-state index is 5.74. The van der Waals surface area contributed by atoms with Crippen molar-refractivity contribution in [2.45, 2.75) is 33.3 Å². The smallest absolute Gasteiger partial charge is 0.0796 e. The molecule has 1 aromatic carbocycles. The predicted octanol–water partition coefficient (Wildman–Crippen LogP) is 3.81. The minimum atomic E-state index is 0.218. The average Bonchev–Trinajstić information content (AvgIpc) is 2.18. The van der Waals surface area contributed by atoms with Crippen molar-refractivity contribution in [1.29, 1.82) is 0 Å². The van der Waals surface area contributed by atoms with Crippen molar-refractivity contribution in [2.75, 3.05) is 6.61 Å². The molecule has 0 aromatic heterocycles. The third kappa shape index (κ3) is 3.93. The average molecular weight is 192 g/mol. The second-order valence-corrected chi connectivity index (χ2v) is 4.11. The summed E-state index contributed by atoms with van der Waals surface area (Å²) in [5.74, 6) is 0.720. The minimum absolute atomic E-state index is 0.218. The lowest BCUT2D eigenvalue weighted by molar-refractivity contribution is 0.0583. The van der Waals surface area contributed by atoms with Crippen LogP contribution in [0.3, 0.4) is 0 Å². The Bertz CT molecular complexity index is 241. The molecule has 0 saturated heterocycles. The molecule has 0 bridgehead atoms. The molecule has 0 heterocycles. The number of hydrogen-bond acceptors (Lipinski definition) is 1. The van der Waals surface area contributed by atoms with Crippen LogP contribution in [-0.2, 0) is 4.74 Å². The molecule has 0 aliphatic carbocycles. The van der Waals surface area contributed by atoms with Crippen molar-refractivity contribution >= 4 is 0 Å². The van der Waals surface area contributed by atoms with Gasteiger partial charge in [-0.3, -0.25) is 0 Å². The summed E-state index contributed by atoms with van der Waals surface area (Å²) in [7, 11) is 0.